The molecule has 0 amide bonds. The van der Waals surface area contributed by atoms with Gasteiger partial charge in [0.2, 0.25) is 0 Å². The molecule has 0 unspecified atom stereocenters. The lowest BCUT2D eigenvalue weighted by molar-refractivity contribution is -0.0328. The number of aliphatic hydroxyl groups is 4. The van der Waals surface area contributed by atoms with E-state index in [1.165, 1.54) is 0 Å². The van der Waals surface area contributed by atoms with Gasteiger partial charge in [0, 0.05) is 0 Å². The van der Waals surface area contributed by atoms with Gasteiger partial charge in [0.25, 0.3) is 0 Å². The van der Waals surface area contributed by atoms with Crippen LogP contribution >= 0.6 is 0 Å². The first kappa shape index (κ1) is 17.6. The summed E-state index contributed by atoms with van der Waals surface area (Å²) in [4.78, 5) is 0. The fraction of sp³-hybridized carbons (Fsp3) is 0.714. The average molecular weight is 182 g/mol. The number of aliphatic hydroxyl groups excluding tert-OH is 4. The van der Waals surface area contributed by atoms with Crippen LogP contribution in [0.3, 0.4) is 0 Å². The molecular weight excluding hydrogens is 164 g/mol. The highest BCUT2D eigenvalue weighted by Gasteiger charge is 2.26. The third kappa shape index (κ3) is 5.22. The van der Waals surface area contributed by atoms with Crippen LogP contribution in [0.5, 0.6) is 0 Å². The van der Waals surface area contributed by atoms with Gasteiger partial charge >= 0.3 is 0 Å². The van der Waals surface area contributed by atoms with E-state index < -0.39 is 31.8 Å². The highest BCUT2D eigenvalue weighted by molar-refractivity contribution is 4.74. The summed E-state index contributed by atoms with van der Waals surface area (Å²) < 4.78 is 0. The summed E-state index contributed by atoms with van der Waals surface area (Å²) in [5.41, 5.74) is -1.11. The summed E-state index contributed by atoms with van der Waals surface area (Å²) in [6.45, 7) is 4.38. The third-order valence-corrected chi connectivity index (χ3v) is 1.34. The fourth-order valence-electron chi connectivity index (χ4n) is 0.300. The second-order valence-corrected chi connectivity index (χ2v) is 2.13. The molecule has 0 aliphatic rings. The van der Waals surface area contributed by atoms with E-state index in [0.717, 1.165) is 0 Å². The third-order valence-electron chi connectivity index (χ3n) is 1.34. The zero-order valence-corrected chi connectivity index (χ0v) is 7.03. The van der Waals surface area contributed by atoms with Crippen molar-refractivity contribution >= 4 is 0 Å². The van der Waals surface area contributed by atoms with Gasteiger partial charge < -0.3 is 25.9 Å². The zero-order chi connectivity index (χ0) is 9.33. The van der Waals surface area contributed by atoms with Crippen LogP contribution in [0.4, 0.5) is 0 Å². The van der Waals surface area contributed by atoms with Gasteiger partial charge in [-0.05, 0) is 0 Å². The largest absolute Gasteiger partial charge is 0.412 e. The van der Waals surface area contributed by atoms with E-state index in [2.05, 4.69) is 13.2 Å². The molecule has 0 radical (unpaired) electrons. The minimum absolute atomic E-state index is 0. The molecular formula is C7H18O5. The van der Waals surface area contributed by atoms with Gasteiger partial charge in [0.1, 0.15) is 0 Å². The van der Waals surface area contributed by atoms with E-state index in [0.29, 0.717) is 0 Å². The van der Waals surface area contributed by atoms with Gasteiger partial charge in [0.05, 0.1) is 31.8 Å². The van der Waals surface area contributed by atoms with Gasteiger partial charge in [-0.15, -0.1) is 13.2 Å². The van der Waals surface area contributed by atoms with Crippen molar-refractivity contribution < 1.29 is 25.9 Å². The summed E-state index contributed by atoms with van der Waals surface area (Å²) in [6.07, 6.45) is 0. The first-order chi connectivity index (χ1) is 5.24. The molecule has 5 heteroatoms. The van der Waals surface area contributed by atoms with Crippen molar-refractivity contribution in [2.24, 2.45) is 5.41 Å². The molecule has 0 aliphatic heterocycles. The smallest absolute Gasteiger partial charge is 0.0627 e. The maximum Gasteiger partial charge on any atom is 0.0627 e. The van der Waals surface area contributed by atoms with E-state index in [1.807, 2.05) is 0 Å². The van der Waals surface area contributed by atoms with E-state index in [4.69, 9.17) is 20.4 Å². The first-order valence-electron chi connectivity index (χ1n) is 3.18. The van der Waals surface area contributed by atoms with Crippen molar-refractivity contribution in [3.8, 4) is 0 Å². The molecule has 0 bridgehead atoms. The Morgan fingerprint density at radius 2 is 0.917 bits per heavy atom. The van der Waals surface area contributed by atoms with Crippen LogP contribution in [-0.2, 0) is 0 Å². The Labute approximate surface area is 71.9 Å². The molecule has 5 nitrogen and oxygen atoms in total. The molecule has 76 valence electrons. The average Bonchev–Trinajstić information content (AvgIpc) is 2.13. The monoisotopic (exact) mass is 182 g/mol. The quantitative estimate of drug-likeness (QED) is 0.374. The van der Waals surface area contributed by atoms with Crippen LogP contribution in [0.2, 0.25) is 0 Å². The van der Waals surface area contributed by atoms with Crippen LogP contribution in [0.15, 0.2) is 13.2 Å². The lowest BCUT2D eigenvalue weighted by atomic mass is 9.93. The molecule has 0 spiro atoms. The normalized spacial score (nSPS) is 9.33. The van der Waals surface area contributed by atoms with Crippen molar-refractivity contribution in [3.05, 3.63) is 13.2 Å². The number of hydrogen-bond acceptors (Lipinski definition) is 4. The van der Waals surface area contributed by atoms with Crippen molar-refractivity contribution in [2.75, 3.05) is 26.4 Å². The van der Waals surface area contributed by atoms with Crippen LogP contribution < -0.4 is 0 Å². The fourth-order valence-corrected chi connectivity index (χ4v) is 0.300. The van der Waals surface area contributed by atoms with Crippen molar-refractivity contribution in [1.29, 1.82) is 0 Å². The van der Waals surface area contributed by atoms with Crippen LogP contribution in [0, 0.1) is 5.41 Å². The second-order valence-electron chi connectivity index (χ2n) is 2.13. The summed E-state index contributed by atoms with van der Waals surface area (Å²) >= 11 is 0. The Morgan fingerprint density at radius 3 is 0.917 bits per heavy atom. The molecule has 0 saturated carbocycles. The predicted molar refractivity (Wildman–Crippen MR) is 45.6 cm³/mol. The van der Waals surface area contributed by atoms with Crippen molar-refractivity contribution in [3.63, 3.8) is 0 Å². The van der Waals surface area contributed by atoms with Crippen molar-refractivity contribution in [2.45, 2.75) is 0 Å². The SMILES string of the molecule is C=C.O.OCC(CO)(CO)CO. The Morgan fingerprint density at radius 1 is 0.750 bits per heavy atom. The minimum Gasteiger partial charge on any atom is -0.412 e. The highest BCUT2D eigenvalue weighted by Crippen LogP contribution is 2.11. The topological polar surface area (TPSA) is 112 Å². The minimum atomic E-state index is -1.11. The van der Waals surface area contributed by atoms with Crippen LogP contribution in [-0.4, -0.2) is 52.3 Å². The predicted octanol–water partition coefficient (Wildman–Crippen LogP) is -2.08. The second kappa shape index (κ2) is 10.5. The molecule has 0 aromatic heterocycles. The molecule has 0 rings (SSSR count). The number of hydrogen-bond donors (Lipinski definition) is 4. The van der Waals surface area contributed by atoms with Gasteiger partial charge in [-0.1, -0.05) is 0 Å². The summed E-state index contributed by atoms with van der Waals surface area (Å²) in [5, 5.41) is 34.0. The lowest BCUT2D eigenvalue weighted by Gasteiger charge is -2.23. The van der Waals surface area contributed by atoms with Gasteiger partial charge in [-0.3, -0.25) is 0 Å². The van der Waals surface area contributed by atoms with Gasteiger partial charge in [-0.25, -0.2) is 0 Å². The molecule has 0 aromatic rings. The maximum absolute atomic E-state index is 8.50. The Bertz CT molecular complexity index is 64.4. The molecule has 0 aliphatic carbocycles. The van der Waals surface area contributed by atoms with E-state index >= 15 is 0 Å². The van der Waals surface area contributed by atoms with Gasteiger partial charge in [0.15, 0.2) is 0 Å². The standard InChI is InChI=1S/C5H12O4.C2H4.H2O/c6-1-5(2-7,3-8)4-9;1-2;/h6-9H,1-4H2;1-2H2;1H2. The first-order valence-corrected chi connectivity index (χ1v) is 3.18. The lowest BCUT2D eigenvalue weighted by Crippen LogP contribution is -2.37. The maximum atomic E-state index is 8.50. The molecule has 0 saturated heterocycles. The molecule has 12 heavy (non-hydrogen) atoms. The summed E-state index contributed by atoms with van der Waals surface area (Å²) in [7, 11) is 0. The van der Waals surface area contributed by atoms with E-state index in [1.54, 1.807) is 0 Å². The highest BCUT2D eigenvalue weighted by atomic mass is 16.3. The Balaban J connectivity index is -0.000000249. The Hall–Kier alpha value is -0.460. The van der Waals surface area contributed by atoms with E-state index in [9.17, 15) is 0 Å². The molecule has 0 atom stereocenters. The molecule has 0 fully saturated rings. The summed E-state index contributed by atoms with van der Waals surface area (Å²) in [5.74, 6) is 0. The molecule has 0 heterocycles. The van der Waals surface area contributed by atoms with Gasteiger partial charge in [-0.2, -0.15) is 0 Å². The Kier molecular flexibility index (Phi) is 15.4. The zero-order valence-electron chi connectivity index (χ0n) is 7.03. The number of rotatable bonds is 4. The molecule has 6 N–H and O–H groups in total. The van der Waals surface area contributed by atoms with E-state index in [-0.39, 0.29) is 5.48 Å². The summed E-state index contributed by atoms with van der Waals surface area (Å²) in [6, 6.07) is 0. The van der Waals surface area contributed by atoms with Crippen LogP contribution in [0.25, 0.3) is 0 Å². The molecule has 0 aromatic carbocycles. The van der Waals surface area contributed by atoms with Crippen molar-refractivity contribution in [1.82, 2.24) is 0 Å². The van der Waals surface area contributed by atoms with Crippen LogP contribution in [0.1, 0.15) is 0 Å².